The van der Waals surface area contributed by atoms with Crippen LogP contribution in [0.2, 0.25) is 0 Å². The summed E-state index contributed by atoms with van der Waals surface area (Å²) in [6.45, 7) is 6.89. The molecule has 0 aromatic heterocycles. The van der Waals surface area contributed by atoms with Gasteiger partial charge in [0, 0.05) is 68.9 Å². The van der Waals surface area contributed by atoms with Crippen molar-refractivity contribution in [3.63, 3.8) is 0 Å². The van der Waals surface area contributed by atoms with E-state index in [1.807, 2.05) is 30.3 Å². The summed E-state index contributed by atoms with van der Waals surface area (Å²) in [6, 6.07) is 20.9. The van der Waals surface area contributed by atoms with E-state index < -0.39 is 70.1 Å². The number of Topliss-reactive ketones (excluding diaryl/α,β-unsaturated/α-hetero) is 4. The van der Waals surface area contributed by atoms with Crippen LogP contribution in [-0.4, -0.2) is 101 Å². The monoisotopic (exact) mass is 807 g/mol. The zero-order valence-electron chi connectivity index (χ0n) is 34.6. The first-order valence-electron chi connectivity index (χ1n) is 18.8. The quantitative estimate of drug-likeness (QED) is 0.0577. The third-order valence-electron chi connectivity index (χ3n) is 10.1. The lowest BCUT2D eigenvalue weighted by molar-refractivity contribution is -0.124. The van der Waals surface area contributed by atoms with E-state index in [9.17, 15) is 28.8 Å². The molecule has 3 aromatic carbocycles. The van der Waals surface area contributed by atoms with Gasteiger partial charge in [-0.3, -0.25) is 29.2 Å². The van der Waals surface area contributed by atoms with Crippen LogP contribution < -0.4 is 15.5 Å². The molecule has 2 amide bonds. The second-order valence-electron chi connectivity index (χ2n) is 14.5. The molecule has 312 valence electrons. The zero-order chi connectivity index (χ0) is 43.9. The maximum Gasteiger partial charge on any atom is 0.407 e. The number of nitrogens with one attached hydrogen (secondary N) is 4. The molecule has 0 aliphatic heterocycles. The summed E-state index contributed by atoms with van der Waals surface area (Å²) in [5.41, 5.74) is 0.604. The molecule has 3 rings (SSSR count). The standard InChI is InChI=1S/C44H53N7O8/c1-28(37(54)39(49-41(56)58-7)43(3,24-45)26-47-5)35(52)32-18-14-30(15-19-32)22-51(34-12-10-9-11-13-34)23-31-16-20-33(21-17-31)36(53)29(2)38(55)40(50-42(57)59-8)44(4,25-46)27-48-6/h9-21,24-29,39-40,45-46H,22-23H2,1-8H3,(H,49,56)(H,50,57)/t28-,29-,39+,40+,43?,44?/m0/s1. The number of anilines is 1. The summed E-state index contributed by atoms with van der Waals surface area (Å²) < 4.78 is 9.40. The lowest BCUT2D eigenvalue weighted by Gasteiger charge is -2.31. The second-order valence-corrected chi connectivity index (χ2v) is 14.5. The van der Waals surface area contributed by atoms with Crippen LogP contribution >= 0.6 is 0 Å². The largest absolute Gasteiger partial charge is 0.453 e. The highest BCUT2D eigenvalue weighted by atomic mass is 16.5. The Labute approximate surface area is 344 Å². The molecule has 0 saturated carbocycles. The minimum atomic E-state index is -1.31. The third-order valence-corrected chi connectivity index (χ3v) is 10.1. The average Bonchev–Trinajstić information content (AvgIpc) is 3.26. The van der Waals surface area contributed by atoms with Gasteiger partial charge in [-0.2, -0.15) is 0 Å². The van der Waals surface area contributed by atoms with E-state index in [4.69, 9.17) is 20.3 Å². The van der Waals surface area contributed by atoms with Gasteiger partial charge in [0.2, 0.25) is 0 Å². The highest BCUT2D eigenvalue weighted by Crippen LogP contribution is 2.26. The van der Waals surface area contributed by atoms with Crippen molar-refractivity contribution in [3.05, 3.63) is 101 Å². The van der Waals surface area contributed by atoms with Gasteiger partial charge in [0.15, 0.2) is 23.1 Å². The van der Waals surface area contributed by atoms with Crippen LogP contribution in [0.5, 0.6) is 0 Å². The maximum absolute atomic E-state index is 13.7. The summed E-state index contributed by atoms with van der Waals surface area (Å²) in [4.78, 5) is 88.9. The van der Waals surface area contributed by atoms with E-state index in [-0.39, 0.29) is 0 Å². The average molecular weight is 808 g/mol. The summed E-state index contributed by atoms with van der Waals surface area (Å²) in [5.74, 6) is -4.46. The molecule has 0 saturated heterocycles. The van der Waals surface area contributed by atoms with Crippen LogP contribution in [-0.2, 0) is 32.2 Å². The van der Waals surface area contributed by atoms with Crippen molar-refractivity contribution in [2.45, 2.75) is 52.9 Å². The third kappa shape index (κ3) is 11.7. The Morgan fingerprint density at radius 3 is 1.31 bits per heavy atom. The topological polar surface area (TPSA) is 221 Å². The second kappa shape index (κ2) is 21.2. The number of nitrogens with zero attached hydrogens (tertiary/aromatic N) is 3. The number of carbonyl (C=O) groups excluding carboxylic acids is 6. The number of hydrogen-bond acceptors (Lipinski definition) is 13. The molecule has 0 heterocycles. The van der Waals surface area contributed by atoms with Gasteiger partial charge in [-0.15, -0.1) is 0 Å². The normalized spacial score (nSPS) is 15.3. The molecule has 59 heavy (non-hydrogen) atoms. The van der Waals surface area contributed by atoms with E-state index in [0.29, 0.717) is 24.2 Å². The predicted molar refractivity (Wildman–Crippen MR) is 227 cm³/mol. The summed E-state index contributed by atoms with van der Waals surface area (Å²) in [7, 11) is 5.26. The number of alkyl carbamates (subject to hydrolysis) is 2. The summed E-state index contributed by atoms with van der Waals surface area (Å²) in [6.07, 6.45) is 2.94. The lowest BCUT2D eigenvalue weighted by atomic mass is 9.77. The van der Waals surface area contributed by atoms with Crippen molar-refractivity contribution in [2.75, 3.05) is 33.2 Å². The molecule has 0 spiro atoms. The van der Waals surface area contributed by atoms with Crippen molar-refractivity contribution < 1.29 is 38.2 Å². The molecule has 0 aliphatic carbocycles. The molecule has 6 atom stereocenters. The Hall–Kier alpha value is -6.64. The predicted octanol–water partition coefficient (Wildman–Crippen LogP) is 5.83. The van der Waals surface area contributed by atoms with Crippen molar-refractivity contribution in [1.29, 1.82) is 10.8 Å². The number of rotatable bonds is 21. The number of ether oxygens (including phenoxy) is 2. The van der Waals surface area contributed by atoms with Gasteiger partial charge in [-0.05, 0) is 51.0 Å². The van der Waals surface area contributed by atoms with Crippen molar-refractivity contribution in [3.8, 4) is 0 Å². The van der Waals surface area contributed by atoms with E-state index in [1.165, 1.54) is 40.4 Å². The van der Waals surface area contributed by atoms with Crippen LogP contribution in [0, 0.1) is 33.5 Å². The minimum absolute atomic E-state index is 0.291. The van der Waals surface area contributed by atoms with Gasteiger partial charge < -0.3 is 35.8 Å². The van der Waals surface area contributed by atoms with Gasteiger partial charge in [-0.25, -0.2) is 9.59 Å². The van der Waals surface area contributed by atoms with Gasteiger partial charge in [0.1, 0.15) is 12.1 Å². The summed E-state index contributed by atoms with van der Waals surface area (Å²) in [5, 5.41) is 20.8. The number of aliphatic imine (C=N–C) groups is 2. The van der Waals surface area contributed by atoms with Crippen LogP contribution in [0.25, 0.3) is 0 Å². The fraction of sp³-hybridized carbons (Fsp3) is 0.364. The zero-order valence-corrected chi connectivity index (χ0v) is 34.6. The molecule has 4 N–H and O–H groups in total. The van der Waals surface area contributed by atoms with E-state index >= 15 is 0 Å². The minimum Gasteiger partial charge on any atom is -0.453 e. The molecule has 0 aliphatic rings. The van der Waals surface area contributed by atoms with E-state index in [2.05, 4.69) is 25.5 Å². The maximum atomic E-state index is 13.7. The molecule has 0 radical (unpaired) electrons. The number of hydrogen-bond donors (Lipinski definition) is 4. The molecule has 0 fully saturated rings. The van der Waals surface area contributed by atoms with Gasteiger partial charge in [0.05, 0.1) is 36.9 Å². The van der Waals surface area contributed by atoms with Crippen molar-refractivity contribution in [1.82, 2.24) is 10.6 Å². The highest BCUT2D eigenvalue weighted by Gasteiger charge is 2.43. The molecule has 15 heteroatoms. The SMILES string of the molecule is CN=CC(C)(C=N)[C@H](NC(=O)OC)C(=O)[C@@H](C)C(=O)c1ccc(CN(Cc2ccc(C(=O)[C@H](C)C(=O)[C@@H](NC(=O)OC)C(C)(C=N)C=NC)cc2)c2ccccc2)cc1. The fourth-order valence-electron chi connectivity index (χ4n) is 6.49. The Bertz CT molecular complexity index is 1930. The number of benzene rings is 3. The van der Waals surface area contributed by atoms with Crippen LogP contribution in [0.4, 0.5) is 15.3 Å². The Morgan fingerprint density at radius 1 is 0.644 bits per heavy atom. The first kappa shape index (κ1) is 46.7. The fourth-order valence-corrected chi connectivity index (χ4v) is 6.49. The van der Waals surface area contributed by atoms with Crippen molar-refractivity contribution in [2.24, 2.45) is 32.7 Å². The number of para-hydroxylation sites is 1. The Morgan fingerprint density at radius 2 is 1.00 bits per heavy atom. The van der Waals surface area contributed by atoms with Crippen LogP contribution in [0.3, 0.4) is 0 Å². The van der Waals surface area contributed by atoms with Gasteiger partial charge in [0.25, 0.3) is 0 Å². The molecule has 0 bridgehead atoms. The molecule has 3 aromatic rings. The number of methoxy groups -OCH3 is 2. The first-order chi connectivity index (χ1) is 28.0. The Kier molecular flexibility index (Phi) is 16.8. The lowest BCUT2D eigenvalue weighted by Crippen LogP contribution is -2.55. The molecule has 15 nitrogen and oxygen atoms in total. The van der Waals surface area contributed by atoms with Crippen LogP contribution in [0.1, 0.15) is 59.5 Å². The van der Waals surface area contributed by atoms with Gasteiger partial charge in [-0.1, -0.05) is 66.7 Å². The van der Waals surface area contributed by atoms with Gasteiger partial charge >= 0.3 is 12.2 Å². The number of ketones is 4. The van der Waals surface area contributed by atoms with Crippen LogP contribution in [0.15, 0.2) is 88.8 Å². The smallest absolute Gasteiger partial charge is 0.407 e. The number of carbonyl (C=O) groups is 6. The highest BCUT2D eigenvalue weighted by molar-refractivity contribution is 6.15. The molecular formula is C44H53N7O8. The van der Waals surface area contributed by atoms with Crippen molar-refractivity contribution >= 4 is 65.9 Å². The van der Waals surface area contributed by atoms with E-state index in [1.54, 1.807) is 62.4 Å². The first-order valence-corrected chi connectivity index (χ1v) is 18.8. The Balaban J connectivity index is 1.82. The molecule has 2 unspecified atom stereocenters. The molecular weight excluding hydrogens is 755 g/mol. The number of amides is 2. The summed E-state index contributed by atoms with van der Waals surface area (Å²) >= 11 is 0. The van der Waals surface area contributed by atoms with E-state index in [0.717, 1.165) is 43.5 Å².